The van der Waals surface area contributed by atoms with Crippen molar-refractivity contribution < 1.29 is 13.9 Å². The zero-order chi connectivity index (χ0) is 20.8. The summed E-state index contributed by atoms with van der Waals surface area (Å²) in [5, 5.41) is 0.635. The summed E-state index contributed by atoms with van der Waals surface area (Å²) in [5.41, 5.74) is 3.13. The van der Waals surface area contributed by atoms with E-state index in [9.17, 15) is 4.39 Å². The summed E-state index contributed by atoms with van der Waals surface area (Å²) in [6, 6.07) is 15.8. The second-order valence-corrected chi connectivity index (χ2v) is 7.62. The number of benzene rings is 3. The van der Waals surface area contributed by atoms with E-state index < -0.39 is 0 Å². The van der Waals surface area contributed by atoms with Crippen LogP contribution in [0.15, 0.2) is 64.1 Å². The van der Waals surface area contributed by atoms with Gasteiger partial charge in [-0.2, -0.15) is 0 Å². The predicted molar refractivity (Wildman–Crippen MR) is 119 cm³/mol. The Morgan fingerprint density at radius 2 is 1.90 bits per heavy atom. The number of nitrogens with zero attached hydrogens (tertiary/aromatic N) is 1. The van der Waals surface area contributed by atoms with Gasteiger partial charge in [0.05, 0.1) is 16.8 Å². The number of hydrogen-bond acceptors (Lipinski definition) is 3. The van der Waals surface area contributed by atoms with Gasteiger partial charge >= 0.3 is 0 Å². The van der Waals surface area contributed by atoms with Crippen LogP contribution in [0.4, 0.5) is 10.1 Å². The van der Waals surface area contributed by atoms with E-state index in [-0.39, 0.29) is 12.4 Å². The van der Waals surface area contributed by atoms with Gasteiger partial charge in [-0.3, -0.25) is 4.99 Å². The summed E-state index contributed by atoms with van der Waals surface area (Å²) < 4.78 is 26.2. The van der Waals surface area contributed by atoms with Crippen LogP contribution < -0.4 is 9.47 Å². The highest BCUT2D eigenvalue weighted by atomic mass is 79.9. The molecule has 0 spiro atoms. The van der Waals surface area contributed by atoms with Gasteiger partial charge in [0, 0.05) is 16.8 Å². The highest BCUT2D eigenvalue weighted by Crippen LogP contribution is 2.37. The average molecular weight is 477 g/mol. The van der Waals surface area contributed by atoms with Crippen molar-refractivity contribution in [3.8, 4) is 11.5 Å². The molecule has 0 bridgehead atoms. The van der Waals surface area contributed by atoms with Crippen LogP contribution in [0, 0.1) is 12.7 Å². The second kappa shape index (κ2) is 9.90. The highest BCUT2D eigenvalue weighted by molar-refractivity contribution is 9.10. The zero-order valence-corrected chi connectivity index (χ0v) is 18.4. The Bertz CT molecular complexity index is 1040. The van der Waals surface area contributed by atoms with E-state index in [4.69, 9.17) is 21.1 Å². The van der Waals surface area contributed by atoms with Crippen LogP contribution in [0.3, 0.4) is 0 Å². The number of rotatable bonds is 7. The van der Waals surface area contributed by atoms with Gasteiger partial charge in [0.1, 0.15) is 12.4 Å². The molecule has 0 aliphatic carbocycles. The summed E-state index contributed by atoms with van der Waals surface area (Å²) in [6.07, 6.45) is 1.74. The first-order chi connectivity index (χ1) is 14.0. The fourth-order valence-electron chi connectivity index (χ4n) is 2.70. The molecule has 3 aromatic carbocycles. The molecule has 0 amide bonds. The quantitative estimate of drug-likeness (QED) is 0.335. The summed E-state index contributed by atoms with van der Waals surface area (Å²) in [7, 11) is 0. The van der Waals surface area contributed by atoms with Gasteiger partial charge in [-0.15, -0.1) is 0 Å². The van der Waals surface area contributed by atoms with Crippen molar-refractivity contribution in [1.82, 2.24) is 0 Å². The summed E-state index contributed by atoms with van der Waals surface area (Å²) in [6.45, 7) is 4.44. The summed E-state index contributed by atoms with van der Waals surface area (Å²) >= 11 is 9.59. The van der Waals surface area contributed by atoms with Crippen LogP contribution in [0.2, 0.25) is 5.02 Å². The zero-order valence-electron chi connectivity index (χ0n) is 16.1. The number of hydrogen-bond donors (Lipinski definition) is 0. The SMILES string of the molecule is CCOc1cc(C=Nc2cc(Cl)ccc2C)cc(Br)c1OCc1ccccc1F. The van der Waals surface area contributed by atoms with Crippen molar-refractivity contribution in [1.29, 1.82) is 0 Å². The van der Waals surface area contributed by atoms with Gasteiger partial charge in [0.15, 0.2) is 11.5 Å². The lowest BCUT2D eigenvalue weighted by molar-refractivity contribution is 0.264. The Morgan fingerprint density at radius 1 is 1.10 bits per heavy atom. The largest absolute Gasteiger partial charge is 0.490 e. The molecule has 0 saturated heterocycles. The standard InChI is InChI=1S/C23H20BrClFNO2/c1-3-28-22-11-16(13-27-21-12-18(25)9-8-15(21)2)10-19(24)23(22)29-14-17-6-4-5-7-20(17)26/h4-13H,3,14H2,1-2H3. The molecule has 3 aromatic rings. The van der Waals surface area contributed by atoms with Gasteiger partial charge in [0.2, 0.25) is 0 Å². The molecule has 3 rings (SSSR count). The molecule has 0 radical (unpaired) electrons. The maximum Gasteiger partial charge on any atom is 0.175 e. The molecule has 0 aliphatic heterocycles. The molecule has 150 valence electrons. The van der Waals surface area contributed by atoms with Crippen molar-refractivity contribution in [2.45, 2.75) is 20.5 Å². The van der Waals surface area contributed by atoms with Crippen molar-refractivity contribution in [2.75, 3.05) is 6.61 Å². The van der Waals surface area contributed by atoms with E-state index in [1.54, 1.807) is 24.4 Å². The Labute approximate surface area is 183 Å². The Morgan fingerprint density at radius 3 is 2.66 bits per heavy atom. The molecule has 0 aliphatic rings. The summed E-state index contributed by atoms with van der Waals surface area (Å²) in [5.74, 6) is 0.774. The van der Waals surface area contributed by atoms with Gasteiger partial charge in [-0.05, 0) is 71.2 Å². The van der Waals surface area contributed by atoms with Crippen LogP contribution in [-0.4, -0.2) is 12.8 Å². The van der Waals surface area contributed by atoms with Gasteiger partial charge in [-0.25, -0.2) is 4.39 Å². The van der Waals surface area contributed by atoms with Gasteiger partial charge in [0.25, 0.3) is 0 Å². The smallest absolute Gasteiger partial charge is 0.175 e. The first-order valence-electron chi connectivity index (χ1n) is 9.10. The number of halogens is 3. The van der Waals surface area contributed by atoms with Crippen molar-refractivity contribution in [2.24, 2.45) is 4.99 Å². The Kier molecular flexibility index (Phi) is 7.29. The van der Waals surface area contributed by atoms with Crippen molar-refractivity contribution in [3.05, 3.63) is 86.6 Å². The topological polar surface area (TPSA) is 30.8 Å². The molecule has 0 aromatic heterocycles. The molecule has 0 saturated carbocycles. The minimum Gasteiger partial charge on any atom is -0.490 e. The lowest BCUT2D eigenvalue weighted by Gasteiger charge is -2.15. The fraction of sp³-hybridized carbons (Fsp3) is 0.174. The molecular formula is C23H20BrClFNO2. The van der Waals surface area contributed by atoms with Crippen LogP contribution in [0.1, 0.15) is 23.6 Å². The van der Waals surface area contributed by atoms with Crippen LogP contribution in [0.5, 0.6) is 11.5 Å². The maximum atomic E-state index is 13.9. The van der Waals surface area contributed by atoms with Gasteiger partial charge in [-0.1, -0.05) is 35.9 Å². The monoisotopic (exact) mass is 475 g/mol. The number of ether oxygens (including phenoxy) is 2. The highest BCUT2D eigenvalue weighted by Gasteiger charge is 2.13. The van der Waals surface area contributed by atoms with E-state index in [1.807, 2.05) is 44.2 Å². The Balaban J connectivity index is 1.86. The molecule has 6 heteroatoms. The third kappa shape index (κ3) is 5.58. The second-order valence-electron chi connectivity index (χ2n) is 6.33. The molecule has 0 N–H and O–H groups in total. The van der Waals surface area contributed by atoms with Crippen molar-refractivity contribution >= 4 is 39.4 Å². The first kappa shape index (κ1) is 21.3. The summed E-state index contributed by atoms with van der Waals surface area (Å²) in [4.78, 5) is 4.54. The van der Waals surface area contributed by atoms with Crippen molar-refractivity contribution in [3.63, 3.8) is 0 Å². The molecular weight excluding hydrogens is 457 g/mol. The lowest BCUT2D eigenvalue weighted by Crippen LogP contribution is -2.02. The molecule has 0 heterocycles. The Hall–Kier alpha value is -2.37. The van der Waals surface area contributed by atoms with E-state index >= 15 is 0 Å². The molecule has 3 nitrogen and oxygen atoms in total. The number of aliphatic imine (C=N–C) groups is 1. The third-order valence-electron chi connectivity index (χ3n) is 4.19. The van der Waals surface area contributed by atoms with Gasteiger partial charge < -0.3 is 9.47 Å². The minimum atomic E-state index is -0.303. The van der Waals surface area contributed by atoms with E-state index in [1.165, 1.54) is 6.07 Å². The lowest BCUT2D eigenvalue weighted by atomic mass is 10.2. The average Bonchev–Trinajstić information content (AvgIpc) is 2.69. The molecule has 29 heavy (non-hydrogen) atoms. The maximum absolute atomic E-state index is 13.9. The molecule has 0 atom stereocenters. The van der Waals surface area contributed by atoms with Crippen LogP contribution in [0.25, 0.3) is 0 Å². The van der Waals surface area contributed by atoms with E-state index in [2.05, 4.69) is 20.9 Å². The fourth-order valence-corrected chi connectivity index (χ4v) is 3.44. The first-order valence-corrected chi connectivity index (χ1v) is 10.3. The predicted octanol–water partition coefficient (Wildman–Crippen LogP) is 7.28. The third-order valence-corrected chi connectivity index (χ3v) is 5.01. The number of aryl methyl sites for hydroxylation is 1. The normalized spacial score (nSPS) is 11.1. The minimum absolute atomic E-state index is 0.0977. The molecule has 0 unspecified atom stereocenters. The molecule has 0 fully saturated rings. The van der Waals surface area contributed by atoms with E-state index in [0.29, 0.717) is 33.2 Å². The van der Waals surface area contributed by atoms with Crippen LogP contribution >= 0.6 is 27.5 Å². The van der Waals surface area contributed by atoms with E-state index in [0.717, 1.165) is 16.8 Å². The van der Waals surface area contributed by atoms with Crippen LogP contribution in [-0.2, 0) is 6.61 Å².